The van der Waals surface area contributed by atoms with Crippen molar-refractivity contribution in [2.75, 3.05) is 12.0 Å². The second kappa shape index (κ2) is 7.56. The van der Waals surface area contributed by atoms with Crippen molar-refractivity contribution in [3.8, 4) is 17.0 Å². The van der Waals surface area contributed by atoms with Crippen LogP contribution >= 0.6 is 11.6 Å². The van der Waals surface area contributed by atoms with Crippen molar-refractivity contribution in [1.29, 1.82) is 0 Å². The molecule has 5 rings (SSSR count). The monoisotopic (exact) mass is 486 g/mol. The molecule has 7 nitrogen and oxygen atoms in total. The highest BCUT2D eigenvalue weighted by molar-refractivity contribution is 6.38. The third-order valence-electron chi connectivity index (χ3n) is 5.58. The second-order valence-corrected chi connectivity index (χ2v) is 7.96. The number of hydrogen-bond donors (Lipinski definition) is 0. The van der Waals surface area contributed by atoms with E-state index in [0.717, 1.165) is 6.07 Å². The zero-order valence-electron chi connectivity index (χ0n) is 17.6. The fourth-order valence-corrected chi connectivity index (χ4v) is 4.21. The van der Waals surface area contributed by atoms with E-state index in [4.69, 9.17) is 16.3 Å². The first-order valence-electron chi connectivity index (χ1n) is 9.87. The summed E-state index contributed by atoms with van der Waals surface area (Å²) in [7, 11) is 3.17. The largest absolute Gasteiger partial charge is 0.497 e. The van der Waals surface area contributed by atoms with Crippen LogP contribution in [-0.2, 0) is 13.2 Å². The van der Waals surface area contributed by atoms with E-state index < -0.39 is 28.6 Å². The van der Waals surface area contributed by atoms with Crippen LogP contribution in [0.1, 0.15) is 26.3 Å². The van der Waals surface area contributed by atoms with Crippen LogP contribution in [0.15, 0.2) is 48.7 Å². The highest BCUT2D eigenvalue weighted by atomic mass is 35.5. The molecule has 4 aromatic rings. The number of carbonyl (C=O) groups is 2. The van der Waals surface area contributed by atoms with Gasteiger partial charge in [0.1, 0.15) is 11.4 Å². The highest BCUT2D eigenvalue weighted by Gasteiger charge is 2.42. The summed E-state index contributed by atoms with van der Waals surface area (Å²) in [5, 5.41) is 4.27. The number of fused-ring (bicyclic) bond motifs is 3. The summed E-state index contributed by atoms with van der Waals surface area (Å²) in [6.45, 7) is 0. The number of halogens is 4. The lowest BCUT2D eigenvalue weighted by atomic mass is 10.0. The lowest BCUT2D eigenvalue weighted by Crippen LogP contribution is -2.29. The summed E-state index contributed by atoms with van der Waals surface area (Å²) in [6.07, 6.45) is -3.52. The zero-order valence-corrected chi connectivity index (χ0v) is 18.4. The number of carbonyl (C=O) groups excluding carboxylic acids is 2. The SMILES string of the molecule is COc1ccc(-c2nn(C)c3ncc4c(c23)C(=O)N(c2ccc(Cl)c(C(F)(F)F)c2)C4=O)cc1. The number of amides is 2. The Morgan fingerprint density at radius 1 is 1.03 bits per heavy atom. The first-order valence-corrected chi connectivity index (χ1v) is 10.2. The summed E-state index contributed by atoms with van der Waals surface area (Å²) >= 11 is 5.70. The second-order valence-electron chi connectivity index (χ2n) is 7.55. The van der Waals surface area contributed by atoms with Gasteiger partial charge in [0.2, 0.25) is 0 Å². The van der Waals surface area contributed by atoms with E-state index in [-0.39, 0.29) is 16.8 Å². The lowest BCUT2D eigenvalue weighted by molar-refractivity contribution is -0.137. The third-order valence-corrected chi connectivity index (χ3v) is 5.91. The molecule has 11 heteroatoms. The van der Waals surface area contributed by atoms with Crippen LogP contribution in [-0.4, -0.2) is 33.7 Å². The van der Waals surface area contributed by atoms with Crippen molar-refractivity contribution < 1.29 is 27.5 Å². The Balaban J connectivity index is 1.70. The maximum absolute atomic E-state index is 13.5. The van der Waals surface area contributed by atoms with E-state index in [9.17, 15) is 22.8 Å². The van der Waals surface area contributed by atoms with Crippen LogP contribution in [0.3, 0.4) is 0 Å². The van der Waals surface area contributed by atoms with Gasteiger partial charge >= 0.3 is 6.18 Å². The van der Waals surface area contributed by atoms with Crippen LogP contribution in [0.5, 0.6) is 5.75 Å². The molecule has 0 radical (unpaired) electrons. The van der Waals surface area contributed by atoms with Gasteiger partial charge in [-0.05, 0) is 42.5 Å². The molecule has 0 spiro atoms. The molecule has 1 aliphatic rings. The summed E-state index contributed by atoms with van der Waals surface area (Å²) in [6, 6.07) is 9.81. The van der Waals surface area contributed by atoms with E-state index >= 15 is 0 Å². The molecule has 0 saturated heterocycles. The molecule has 2 amide bonds. The van der Waals surface area contributed by atoms with Gasteiger partial charge in [0, 0.05) is 18.8 Å². The smallest absolute Gasteiger partial charge is 0.417 e. The van der Waals surface area contributed by atoms with Crippen molar-refractivity contribution in [2.45, 2.75) is 6.18 Å². The Morgan fingerprint density at radius 3 is 2.38 bits per heavy atom. The third kappa shape index (κ3) is 3.21. The number of imide groups is 1. The average molecular weight is 487 g/mol. The lowest BCUT2D eigenvalue weighted by Gasteiger charge is -2.17. The number of hydrogen-bond acceptors (Lipinski definition) is 5. The Hall–Kier alpha value is -3.92. The molecule has 0 atom stereocenters. The molecule has 0 unspecified atom stereocenters. The number of aromatic nitrogens is 3. The Morgan fingerprint density at radius 2 is 1.74 bits per heavy atom. The molecule has 2 aromatic heterocycles. The van der Waals surface area contributed by atoms with Gasteiger partial charge in [0.05, 0.1) is 39.9 Å². The van der Waals surface area contributed by atoms with Gasteiger partial charge in [0.25, 0.3) is 11.8 Å². The molecule has 34 heavy (non-hydrogen) atoms. The number of nitrogens with zero attached hydrogens (tertiary/aromatic N) is 4. The topological polar surface area (TPSA) is 77.3 Å². The van der Waals surface area contributed by atoms with Crippen LogP contribution < -0.4 is 9.64 Å². The molecule has 0 fully saturated rings. The number of alkyl halides is 3. The molecule has 3 heterocycles. The van der Waals surface area contributed by atoms with Gasteiger partial charge in [-0.2, -0.15) is 18.3 Å². The molecule has 172 valence electrons. The fourth-order valence-electron chi connectivity index (χ4n) is 3.98. The standard InChI is InChI=1S/C23H14ClF3N4O3/c1-30-20-18(19(29-30)11-3-6-13(34-2)7-4-11)17-14(10-28-20)21(32)31(22(17)33)12-5-8-16(24)15(9-12)23(25,26)27/h3-10H,1-2H3. The first-order chi connectivity index (χ1) is 16.1. The molecular formula is C23H14ClF3N4O3. The number of methoxy groups -OCH3 is 1. The molecular weight excluding hydrogens is 473 g/mol. The van der Waals surface area contributed by atoms with Gasteiger partial charge in [-0.25, -0.2) is 14.6 Å². The summed E-state index contributed by atoms with van der Waals surface area (Å²) in [5.74, 6) is -0.937. The number of pyridine rings is 1. The van der Waals surface area contributed by atoms with Gasteiger partial charge in [-0.1, -0.05) is 11.6 Å². The predicted octanol–water partition coefficient (Wildman–Crippen LogP) is 5.12. The fraction of sp³-hybridized carbons (Fsp3) is 0.130. The number of aryl methyl sites for hydroxylation is 1. The van der Waals surface area contributed by atoms with Crippen molar-refractivity contribution >= 4 is 40.1 Å². The van der Waals surface area contributed by atoms with E-state index in [2.05, 4.69) is 10.1 Å². The van der Waals surface area contributed by atoms with Gasteiger partial charge in [0.15, 0.2) is 5.65 Å². The normalized spacial score (nSPS) is 13.6. The Labute approximate surface area is 195 Å². The van der Waals surface area contributed by atoms with Crippen molar-refractivity contribution in [3.63, 3.8) is 0 Å². The number of benzene rings is 2. The number of ether oxygens (including phenoxy) is 1. The minimum Gasteiger partial charge on any atom is -0.497 e. The molecule has 0 aliphatic carbocycles. The molecule has 0 N–H and O–H groups in total. The average Bonchev–Trinajstić information content (AvgIpc) is 3.27. The van der Waals surface area contributed by atoms with Crippen molar-refractivity contribution in [2.24, 2.45) is 7.05 Å². The van der Waals surface area contributed by atoms with E-state index in [1.54, 1.807) is 31.3 Å². The predicted molar refractivity (Wildman–Crippen MR) is 118 cm³/mol. The Bertz CT molecular complexity index is 1500. The zero-order chi connectivity index (χ0) is 24.4. The van der Waals surface area contributed by atoms with Crippen molar-refractivity contribution in [1.82, 2.24) is 14.8 Å². The maximum Gasteiger partial charge on any atom is 0.417 e. The molecule has 0 saturated carbocycles. The van der Waals surface area contributed by atoms with Crippen LogP contribution in [0.4, 0.5) is 18.9 Å². The van der Waals surface area contributed by atoms with E-state index in [1.807, 2.05) is 0 Å². The van der Waals surface area contributed by atoms with Gasteiger partial charge in [-0.3, -0.25) is 9.59 Å². The summed E-state index contributed by atoms with van der Waals surface area (Å²) < 4.78 is 46.8. The summed E-state index contributed by atoms with van der Waals surface area (Å²) in [5.41, 5.74) is 0.00403. The molecule has 1 aliphatic heterocycles. The molecule has 0 bridgehead atoms. The van der Waals surface area contributed by atoms with Crippen LogP contribution in [0.25, 0.3) is 22.3 Å². The minimum atomic E-state index is -4.76. The maximum atomic E-state index is 13.5. The van der Waals surface area contributed by atoms with Crippen molar-refractivity contribution in [3.05, 3.63) is 70.4 Å². The van der Waals surface area contributed by atoms with Crippen LogP contribution in [0, 0.1) is 0 Å². The highest BCUT2D eigenvalue weighted by Crippen LogP contribution is 2.40. The minimum absolute atomic E-state index is 0.0243. The van der Waals surface area contributed by atoms with Gasteiger partial charge in [-0.15, -0.1) is 0 Å². The quantitative estimate of drug-likeness (QED) is 0.376. The number of anilines is 1. The van der Waals surface area contributed by atoms with Gasteiger partial charge < -0.3 is 4.74 Å². The molecule has 2 aromatic carbocycles. The summed E-state index contributed by atoms with van der Waals surface area (Å²) in [4.78, 5) is 31.6. The van der Waals surface area contributed by atoms with E-state index in [1.165, 1.54) is 24.1 Å². The van der Waals surface area contributed by atoms with Crippen LogP contribution in [0.2, 0.25) is 5.02 Å². The Kier molecular flexibility index (Phi) is 4.87. The first kappa shape index (κ1) is 21.9. The number of rotatable bonds is 3. The van der Waals surface area contributed by atoms with E-state index in [0.29, 0.717) is 39.0 Å².